The summed E-state index contributed by atoms with van der Waals surface area (Å²) in [6.45, 7) is 2.13. The van der Waals surface area contributed by atoms with Crippen molar-refractivity contribution < 1.29 is 24.9 Å². The Morgan fingerprint density at radius 1 is 1.26 bits per heavy atom. The molecule has 132 valence electrons. The molecule has 1 aliphatic rings. The third-order valence-corrected chi connectivity index (χ3v) is 3.94. The molecule has 0 unspecified atom stereocenters. The second-order valence-electron chi connectivity index (χ2n) is 6.27. The van der Waals surface area contributed by atoms with Gasteiger partial charge < -0.3 is 20.1 Å². The highest BCUT2D eigenvalue weighted by Crippen LogP contribution is 2.21. The van der Waals surface area contributed by atoms with E-state index in [-0.39, 0.29) is 12.8 Å². The highest BCUT2D eigenvalue weighted by atomic mass is 16.5. The van der Waals surface area contributed by atoms with Crippen LogP contribution in [-0.2, 0) is 9.53 Å². The fourth-order valence-corrected chi connectivity index (χ4v) is 2.76. The molecule has 0 aromatic rings. The van der Waals surface area contributed by atoms with Crippen molar-refractivity contribution in [2.45, 2.75) is 82.7 Å². The minimum absolute atomic E-state index is 0.0454. The summed E-state index contributed by atoms with van der Waals surface area (Å²) in [4.78, 5) is 10.4. The van der Waals surface area contributed by atoms with Crippen molar-refractivity contribution in [1.29, 1.82) is 0 Å². The average Bonchev–Trinajstić information content (AvgIpc) is 2.45. The fourth-order valence-electron chi connectivity index (χ4n) is 2.76. The molecule has 0 amide bonds. The number of carbonyl (C=O) groups is 1. The molecule has 1 aliphatic heterocycles. The van der Waals surface area contributed by atoms with Crippen molar-refractivity contribution in [1.82, 2.24) is 0 Å². The van der Waals surface area contributed by atoms with Crippen LogP contribution in [-0.4, -0.2) is 45.7 Å². The van der Waals surface area contributed by atoms with Gasteiger partial charge >= 0.3 is 5.97 Å². The highest BCUT2D eigenvalue weighted by molar-refractivity contribution is 5.67. The van der Waals surface area contributed by atoms with Gasteiger partial charge in [0.05, 0.1) is 30.8 Å². The van der Waals surface area contributed by atoms with Crippen molar-refractivity contribution in [2.75, 3.05) is 0 Å². The Hall–Kier alpha value is -1.17. The summed E-state index contributed by atoms with van der Waals surface area (Å²) in [7, 11) is 0. The van der Waals surface area contributed by atoms with Crippen molar-refractivity contribution in [3.63, 3.8) is 0 Å². The molecule has 0 aliphatic carbocycles. The molecule has 1 heterocycles. The number of ether oxygens (including phenoxy) is 1. The molecule has 0 radical (unpaired) electrons. The van der Waals surface area contributed by atoms with Crippen molar-refractivity contribution in [2.24, 2.45) is 0 Å². The summed E-state index contributed by atoms with van der Waals surface area (Å²) in [6.07, 6.45) is 12.6. The lowest BCUT2D eigenvalue weighted by molar-refractivity contribution is -0.139. The van der Waals surface area contributed by atoms with Crippen molar-refractivity contribution in [3.8, 4) is 0 Å². The van der Waals surface area contributed by atoms with Gasteiger partial charge in [0.1, 0.15) is 0 Å². The van der Waals surface area contributed by atoms with Crippen LogP contribution in [0.3, 0.4) is 0 Å². The number of hydrogen-bond acceptors (Lipinski definition) is 4. The summed E-state index contributed by atoms with van der Waals surface area (Å²) < 4.78 is 5.86. The van der Waals surface area contributed by atoms with Crippen molar-refractivity contribution in [3.05, 3.63) is 24.3 Å². The number of hydrogen-bond donors (Lipinski definition) is 3. The minimum Gasteiger partial charge on any atom is -0.481 e. The van der Waals surface area contributed by atoms with E-state index in [1.807, 2.05) is 12.2 Å². The Labute approximate surface area is 138 Å². The van der Waals surface area contributed by atoms with Gasteiger partial charge in [0.15, 0.2) is 0 Å². The molecular weight excluding hydrogens is 296 g/mol. The van der Waals surface area contributed by atoms with E-state index in [2.05, 4.69) is 13.0 Å². The van der Waals surface area contributed by atoms with E-state index in [1.165, 1.54) is 12.8 Å². The maximum absolute atomic E-state index is 10.4. The Morgan fingerprint density at radius 3 is 2.74 bits per heavy atom. The number of carboxylic acid groups (broad SMARTS) is 1. The van der Waals surface area contributed by atoms with E-state index in [9.17, 15) is 15.0 Å². The molecule has 0 bridgehead atoms. The Bertz CT molecular complexity index is 391. The molecule has 0 aromatic heterocycles. The summed E-state index contributed by atoms with van der Waals surface area (Å²) >= 11 is 0. The van der Waals surface area contributed by atoms with Gasteiger partial charge in [-0.1, -0.05) is 24.3 Å². The average molecular weight is 326 g/mol. The number of rotatable bonds is 10. The quantitative estimate of drug-likeness (QED) is 0.537. The summed E-state index contributed by atoms with van der Waals surface area (Å²) in [5, 5.41) is 27.6. The first-order valence-electron chi connectivity index (χ1n) is 8.52. The molecule has 23 heavy (non-hydrogen) atoms. The van der Waals surface area contributed by atoms with E-state index < -0.39 is 18.2 Å². The lowest BCUT2D eigenvalue weighted by Gasteiger charge is -2.27. The number of aliphatic carboxylic acids is 1. The van der Waals surface area contributed by atoms with Gasteiger partial charge in [-0.2, -0.15) is 0 Å². The third kappa shape index (κ3) is 10.3. The Morgan fingerprint density at radius 2 is 2.04 bits per heavy atom. The number of allylic oxidation sites excluding steroid dienone is 3. The molecule has 5 heteroatoms. The smallest absolute Gasteiger partial charge is 0.305 e. The van der Waals surface area contributed by atoms with E-state index in [0.29, 0.717) is 18.6 Å². The van der Waals surface area contributed by atoms with Gasteiger partial charge in [-0.25, -0.2) is 0 Å². The Balaban J connectivity index is 2.09. The SMILES string of the molecule is C[C@H]1CCC[C@@H](CC/C=C\C/C=C\[C@H](O)C[C@H](O)CC(=O)O)O1. The van der Waals surface area contributed by atoms with Crippen LogP contribution < -0.4 is 0 Å². The standard InChI is InChI=1S/C18H30O5/c1-14-8-7-11-17(23-14)10-6-4-2-3-5-9-15(19)12-16(20)13-18(21)22/h2,4-5,9,14-17,19-20H,3,6-8,10-13H2,1H3,(H,21,22)/b4-2-,9-5-/t14-,15-,16-,17+/m0/s1. The van der Waals surface area contributed by atoms with Crippen LogP contribution in [0, 0.1) is 0 Å². The number of aliphatic hydroxyl groups excluding tert-OH is 2. The summed E-state index contributed by atoms with van der Waals surface area (Å²) in [5.74, 6) is -1.06. The topological polar surface area (TPSA) is 87.0 Å². The number of aliphatic hydroxyl groups is 2. The molecule has 4 atom stereocenters. The molecule has 5 nitrogen and oxygen atoms in total. The maximum atomic E-state index is 10.4. The Kier molecular flexibility index (Phi) is 9.83. The molecule has 0 spiro atoms. The first-order chi connectivity index (χ1) is 11.0. The van der Waals surface area contributed by atoms with Crippen LogP contribution >= 0.6 is 0 Å². The molecule has 1 fully saturated rings. The summed E-state index contributed by atoms with van der Waals surface area (Å²) in [6, 6.07) is 0. The van der Waals surface area contributed by atoms with E-state index in [1.54, 1.807) is 6.08 Å². The van der Waals surface area contributed by atoms with Gasteiger partial charge in [0.25, 0.3) is 0 Å². The first kappa shape index (κ1) is 19.9. The minimum atomic E-state index is -1.06. The largest absolute Gasteiger partial charge is 0.481 e. The van der Waals surface area contributed by atoms with E-state index >= 15 is 0 Å². The number of carboxylic acids is 1. The zero-order chi connectivity index (χ0) is 17.1. The van der Waals surface area contributed by atoms with Crippen LogP contribution in [0.2, 0.25) is 0 Å². The lowest BCUT2D eigenvalue weighted by Crippen LogP contribution is -2.25. The molecule has 1 saturated heterocycles. The second-order valence-corrected chi connectivity index (χ2v) is 6.27. The van der Waals surface area contributed by atoms with Gasteiger partial charge in [0, 0.05) is 6.42 Å². The van der Waals surface area contributed by atoms with Gasteiger partial charge in [-0.3, -0.25) is 4.79 Å². The third-order valence-electron chi connectivity index (χ3n) is 3.94. The van der Waals surface area contributed by atoms with Gasteiger partial charge in [-0.15, -0.1) is 0 Å². The molecule has 0 aromatic carbocycles. The normalized spacial score (nSPS) is 25.0. The predicted molar refractivity (Wildman–Crippen MR) is 89.2 cm³/mol. The molecular formula is C18H30O5. The fraction of sp³-hybridized carbons (Fsp3) is 0.722. The molecule has 1 rings (SSSR count). The van der Waals surface area contributed by atoms with Crippen LogP contribution in [0.5, 0.6) is 0 Å². The van der Waals surface area contributed by atoms with Gasteiger partial charge in [0.2, 0.25) is 0 Å². The van der Waals surface area contributed by atoms with E-state index in [4.69, 9.17) is 9.84 Å². The highest BCUT2D eigenvalue weighted by Gasteiger charge is 2.17. The van der Waals surface area contributed by atoms with E-state index in [0.717, 1.165) is 19.3 Å². The molecule has 0 saturated carbocycles. The first-order valence-corrected chi connectivity index (χ1v) is 8.52. The monoisotopic (exact) mass is 326 g/mol. The zero-order valence-electron chi connectivity index (χ0n) is 13.9. The van der Waals surface area contributed by atoms with Crippen LogP contribution in [0.4, 0.5) is 0 Å². The summed E-state index contributed by atoms with van der Waals surface area (Å²) in [5.41, 5.74) is 0. The van der Waals surface area contributed by atoms with Gasteiger partial charge in [-0.05, 0) is 45.4 Å². The zero-order valence-corrected chi connectivity index (χ0v) is 13.9. The van der Waals surface area contributed by atoms with Crippen LogP contribution in [0.15, 0.2) is 24.3 Å². The van der Waals surface area contributed by atoms with Crippen LogP contribution in [0.25, 0.3) is 0 Å². The second kappa shape index (κ2) is 11.4. The van der Waals surface area contributed by atoms with Crippen molar-refractivity contribution >= 4 is 5.97 Å². The lowest BCUT2D eigenvalue weighted by atomic mass is 10.0. The molecule has 3 N–H and O–H groups in total. The maximum Gasteiger partial charge on any atom is 0.305 e. The van der Waals surface area contributed by atoms with Crippen LogP contribution in [0.1, 0.15) is 58.3 Å². The predicted octanol–water partition coefficient (Wildman–Crippen LogP) is 2.81.